The van der Waals surface area contributed by atoms with E-state index in [2.05, 4.69) is 0 Å². The molecule has 0 radical (unpaired) electrons. The molecule has 4 nitrogen and oxygen atoms in total. The Bertz CT molecular complexity index is 472. The van der Waals surface area contributed by atoms with E-state index in [1.54, 1.807) is 0 Å². The molecular formula is C14H19O4P. The fourth-order valence-corrected chi connectivity index (χ4v) is 3.86. The molecule has 0 aromatic heterocycles. The Labute approximate surface area is 113 Å². The van der Waals surface area contributed by atoms with Crippen molar-refractivity contribution in [3.63, 3.8) is 0 Å². The van der Waals surface area contributed by atoms with E-state index in [0.717, 1.165) is 12.8 Å². The zero-order valence-electron chi connectivity index (χ0n) is 11.1. The van der Waals surface area contributed by atoms with Gasteiger partial charge in [-0.3, -0.25) is 4.52 Å². The van der Waals surface area contributed by atoms with E-state index in [-0.39, 0.29) is 0 Å². The Hall–Kier alpha value is -1.12. The molecular weight excluding hydrogens is 263 g/mol. The van der Waals surface area contributed by atoms with Crippen molar-refractivity contribution >= 4 is 13.6 Å². The highest BCUT2D eigenvalue weighted by molar-refractivity contribution is 7.54. The summed E-state index contributed by atoms with van der Waals surface area (Å²) in [4.78, 5) is 11.5. The third-order valence-electron chi connectivity index (χ3n) is 3.07. The van der Waals surface area contributed by atoms with Crippen LogP contribution in [0.5, 0.6) is 0 Å². The lowest BCUT2D eigenvalue weighted by Gasteiger charge is -2.09. The van der Waals surface area contributed by atoms with Gasteiger partial charge in [0.25, 0.3) is 0 Å². The van der Waals surface area contributed by atoms with Gasteiger partial charge in [-0.25, -0.2) is 9.36 Å². The van der Waals surface area contributed by atoms with Gasteiger partial charge in [0.05, 0.1) is 6.16 Å². The predicted octanol–water partition coefficient (Wildman–Crippen LogP) is 3.55. The smallest absolute Gasteiger partial charge is 0.382 e. The van der Waals surface area contributed by atoms with Crippen LogP contribution in [-0.2, 0) is 24.8 Å². The van der Waals surface area contributed by atoms with E-state index < -0.39 is 19.7 Å². The number of benzene rings is 1. The third-order valence-corrected chi connectivity index (χ3v) is 4.97. The van der Waals surface area contributed by atoms with Gasteiger partial charge < -0.3 is 4.52 Å². The van der Waals surface area contributed by atoms with Crippen LogP contribution >= 0.6 is 7.60 Å². The molecule has 0 amide bonds. The summed E-state index contributed by atoms with van der Waals surface area (Å²) in [7, 11) is -3.20. The second-order valence-corrected chi connectivity index (χ2v) is 6.78. The van der Waals surface area contributed by atoms with E-state index in [9.17, 15) is 9.36 Å². The molecule has 1 aliphatic rings. The summed E-state index contributed by atoms with van der Waals surface area (Å²) in [5.41, 5.74) is 1.18. The predicted molar refractivity (Wildman–Crippen MR) is 73.1 cm³/mol. The number of carbonyl (C=O) groups is 1. The minimum atomic E-state index is -3.20. The highest BCUT2D eigenvalue weighted by Crippen LogP contribution is 2.55. The van der Waals surface area contributed by atoms with E-state index in [1.807, 2.05) is 37.3 Å². The summed E-state index contributed by atoms with van der Waals surface area (Å²) in [5, 5.41) is 0. The summed E-state index contributed by atoms with van der Waals surface area (Å²) in [6.45, 7) is 1.95. The van der Waals surface area contributed by atoms with Crippen LogP contribution in [0.25, 0.3) is 0 Å². The Morgan fingerprint density at radius 1 is 1.26 bits per heavy atom. The second-order valence-electron chi connectivity index (χ2n) is 4.72. The average Bonchev–Trinajstić information content (AvgIpc) is 2.66. The molecule has 1 aromatic carbocycles. The number of rotatable bonds is 6. The lowest BCUT2D eigenvalue weighted by Crippen LogP contribution is -2.14. The molecule has 1 heterocycles. The van der Waals surface area contributed by atoms with Gasteiger partial charge in [0.2, 0.25) is 0 Å². The maximum atomic E-state index is 12.2. The van der Waals surface area contributed by atoms with Crippen LogP contribution in [0.1, 0.15) is 31.7 Å². The molecule has 2 atom stereocenters. The van der Waals surface area contributed by atoms with E-state index in [4.69, 9.17) is 9.05 Å². The lowest BCUT2D eigenvalue weighted by atomic mass is 10.1. The zero-order valence-corrected chi connectivity index (χ0v) is 12.0. The molecule has 0 saturated carbocycles. The van der Waals surface area contributed by atoms with Crippen molar-refractivity contribution in [3.05, 3.63) is 35.9 Å². The molecule has 1 fully saturated rings. The molecule has 0 N–H and O–H groups in total. The van der Waals surface area contributed by atoms with Gasteiger partial charge in [-0.2, -0.15) is 0 Å². The van der Waals surface area contributed by atoms with Crippen LogP contribution in [0, 0.1) is 0 Å². The second kappa shape index (κ2) is 6.36. The van der Waals surface area contributed by atoms with Crippen molar-refractivity contribution in [2.24, 2.45) is 0 Å². The minimum absolute atomic E-state index is 0.299. The lowest BCUT2D eigenvalue weighted by molar-refractivity contribution is -0.136. The highest BCUT2D eigenvalue weighted by Gasteiger charge is 2.43. The molecule has 104 valence electrons. The molecule has 0 aliphatic carbocycles. The Kier molecular flexibility index (Phi) is 4.78. The van der Waals surface area contributed by atoms with Crippen molar-refractivity contribution < 1.29 is 18.4 Å². The topological polar surface area (TPSA) is 52.6 Å². The third kappa shape index (κ3) is 3.92. The molecule has 1 aliphatic heterocycles. The minimum Gasteiger partial charge on any atom is -0.390 e. The first-order valence-corrected chi connectivity index (χ1v) is 8.40. The maximum Gasteiger partial charge on any atom is 0.382 e. The Balaban J connectivity index is 1.83. The van der Waals surface area contributed by atoms with Crippen molar-refractivity contribution in [1.29, 1.82) is 0 Å². The highest BCUT2D eigenvalue weighted by atomic mass is 31.2. The van der Waals surface area contributed by atoms with Crippen LogP contribution < -0.4 is 0 Å². The van der Waals surface area contributed by atoms with E-state index in [0.29, 0.717) is 19.0 Å². The first-order chi connectivity index (χ1) is 9.13. The average molecular weight is 282 g/mol. The molecule has 0 spiro atoms. The number of aryl methyl sites for hydroxylation is 1. The number of carbonyl (C=O) groups excluding carboxylic acids is 1. The molecule has 0 bridgehead atoms. The van der Waals surface area contributed by atoms with Gasteiger partial charge in [0.15, 0.2) is 6.10 Å². The van der Waals surface area contributed by atoms with Crippen molar-refractivity contribution in [1.82, 2.24) is 0 Å². The largest absolute Gasteiger partial charge is 0.390 e. The van der Waals surface area contributed by atoms with Crippen LogP contribution in [0.2, 0.25) is 0 Å². The Morgan fingerprint density at radius 2 is 2.00 bits per heavy atom. The Morgan fingerprint density at radius 3 is 2.68 bits per heavy atom. The molecule has 1 saturated heterocycles. The maximum absolute atomic E-state index is 12.2. The summed E-state index contributed by atoms with van der Waals surface area (Å²) in [6, 6.07) is 9.96. The summed E-state index contributed by atoms with van der Waals surface area (Å²) >= 11 is 0. The van der Waals surface area contributed by atoms with Crippen molar-refractivity contribution in [2.45, 2.75) is 38.7 Å². The molecule has 1 unspecified atom stereocenters. The number of hydrogen-bond donors (Lipinski definition) is 0. The molecule has 19 heavy (non-hydrogen) atoms. The van der Waals surface area contributed by atoms with Gasteiger partial charge in [-0.15, -0.1) is 0 Å². The fourth-order valence-electron chi connectivity index (χ4n) is 2.11. The molecule has 1 aromatic rings. The van der Waals surface area contributed by atoms with Crippen LogP contribution in [0.3, 0.4) is 0 Å². The van der Waals surface area contributed by atoms with Crippen LogP contribution in [0.15, 0.2) is 30.3 Å². The summed E-state index contributed by atoms with van der Waals surface area (Å²) in [6.07, 6.45) is 2.55. The van der Waals surface area contributed by atoms with E-state index >= 15 is 0 Å². The quantitative estimate of drug-likeness (QED) is 0.749. The monoisotopic (exact) mass is 282 g/mol. The van der Waals surface area contributed by atoms with Crippen molar-refractivity contribution in [3.8, 4) is 0 Å². The fraction of sp³-hybridized carbons (Fsp3) is 0.500. The van der Waals surface area contributed by atoms with Gasteiger partial charge >= 0.3 is 13.6 Å². The summed E-state index contributed by atoms with van der Waals surface area (Å²) in [5.74, 6) is -0.468. The van der Waals surface area contributed by atoms with E-state index in [1.165, 1.54) is 5.56 Å². The van der Waals surface area contributed by atoms with Crippen LogP contribution in [-0.4, -0.2) is 18.2 Å². The SMILES string of the molecule is CCC[C@H]1OP(=O)(CCCc2ccccc2)OC1=O. The molecule has 2 rings (SSSR count). The van der Waals surface area contributed by atoms with Crippen molar-refractivity contribution in [2.75, 3.05) is 6.16 Å². The number of hydrogen-bond acceptors (Lipinski definition) is 4. The van der Waals surface area contributed by atoms with Gasteiger partial charge in [-0.1, -0.05) is 43.7 Å². The molecule has 5 heteroatoms. The first-order valence-electron chi connectivity index (χ1n) is 6.68. The van der Waals surface area contributed by atoms with Gasteiger partial charge in [0.1, 0.15) is 0 Å². The standard InChI is InChI=1S/C14H19O4P/c1-2-7-13-14(15)18-19(16,17-13)11-6-10-12-8-4-3-5-9-12/h3-5,8-9,13H,2,6-7,10-11H2,1H3/t13-,19?/m1/s1. The first kappa shape index (κ1) is 14.3. The zero-order chi connectivity index (χ0) is 13.7. The van der Waals surface area contributed by atoms with Crippen LogP contribution in [0.4, 0.5) is 0 Å². The normalized spacial score (nSPS) is 26.4. The van der Waals surface area contributed by atoms with Gasteiger partial charge in [-0.05, 0) is 24.8 Å². The van der Waals surface area contributed by atoms with Gasteiger partial charge in [0, 0.05) is 0 Å². The summed E-state index contributed by atoms with van der Waals surface area (Å²) < 4.78 is 22.5.